The number of aromatic nitrogens is 1. The molecule has 0 saturated heterocycles. The Balaban J connectivity index is 2.14. The van der Waals surface area contributed by atoms with E-state index in [1.807, 2.05) is 50.2 Å². The number of ether oxygens (including phenoxy) is 1. The summed E-state index contributed by atoms with van der Waals surface area (Å²) in [6.45, 7) is 4.06. The number of para-hydroxylation sites is 1. The first-order chi connectivity index (χ1) is 8.70. The number of nitrogens with zero attached hydrogens (tertiary/aromatic N) is 1. The number of aryl methyl sites for hydroxylation is 1. The van der Waals surface area contributed by atoms with Crippen LogP contribution in [0.5, 0.6) is 11.5 Å². The number of hydrogen-bond acceptors (Lipinski definition) is 3. The van der Waals surface area contributed by atoms with Gasteiger partial charge in [0.25, 0.3) is 0 Å². The predicted octanol–water partition coefficient (Wildman–Crippen LogP) is 3.59. The normalized spacial score (nSPS) is 12.2. The zero-order chi connectivity index (χ0) is 13.0. The van der Waals surface area contributed by atoms with Gasteiger partial charge in [-0.15, -0.1) is 0 Å². The Labute approximate surface area is 108 Å². The van der Waals surface area contributed by atoms with Gasteiger partial charge in [-0.2, -0.15) is 0 Å². The second-order valence-corrected chi connectivity index (χ2v) is 4.30. The monoisotopic (exact) mass is 242 g/mol. The molecule has 0 unspecified atom stereocenters. The molecule has 0 radical (unpaired) electrons. The summed E-state index contributed by atoms with van der Waals surface area (Å²) in [7, 11) is 0. The van der Waals surface area contributed by atoms with E-state index in [1.165, 1.54) is 0 Å². The van der Waals surface area contributed by atoms with Crippen LogP contribution in [0, 0.1) is 6.92 Å². The van der Waals surface area contributed by atoms with Gasteiger partial charge in [0.15, 0.2) is 0 Å². The molecule has 3 nitrogen and oxygen atoms in total. The molecule has 1 aromatic carbocycles. The van der Waals surface area contributed by atoms with Crippen LogP contribution in [0.15, 0.2) is 42.6 Å². The topological polar surface area (TPSA) is 48.1 Å². The van der Waals surface area contributed by atoms with Crippen molar-refractivity contribution in [1.82, 2.24) is 4.98 Å². The highest BCUT2D eigenvalue weighted by atomic mass is 16.5. The van der Waals surface area contributed by atoms with Crippen molar-refractivity contribution < 1.29 is 4.74 Å². The van der Waals surface area contributed by atoms with Gasteiger partial charge in [0.1, 0.15) is 11.5 Å². The van der Waals surface area contributed by atoms with Gasteiger partial charge >= 0.3 is 0 Å². The molecular weight excluding hydrogens is 224 g/mol. The van der Waals surface area contributed by atoms with Crippen molar-refractivity contribution in [3.05, 3.63) is 53.9 Å². The lowest BCUT2D eigenvalue weighted by atomic mass is 10.1. The second-order valence-electron chi connectivity index (χ2n) is 4.30. The van der Waals surface area contributed by atoms with Gasteiger partial charge in [0.2, 0.25) is 0 Å². The van der Waals surface area contributed by atoms with Gasteiger partial charge in [0.05, 0.1) is 11.9 Å². The Morgan fingerprint density at radius 2 is 2.00 bits per heavy atom. The summed E-state index contributed by atoms with van der Waals surface area (Å²) in [6.07, 6.45) is 2.60. The van der Waals surface area contributed by atoms with Crippen molar-refractivity contribution in [1.29, 1.82) is 0 Å². The molecule has 0 aliphatic heterocycles. The van der Waals surface area contributed by atoms with Crippen LogP contribution in [0.2, 0.25) is 0 Å². The van der Waals surface area contributed by atoms with E-state index in [4.69, 9.17) is 10.5 Å². The molecule has 3 heteroatoms. The molecule has 1 atom stereocenters. The minimum atomic E-state index is -0.00230. The van der Waals surface area contributed by atoms with Crippen molar-refractivity contribution in [3.63, 3.8) is 0 Å². The van der Waals surface area contributed by atoms with Crippen LogP contribution in [0.1, 0.15) is 30.6 Å². The molecule has 2 rings (SSSR count). The minimum Gasteiger partial charge on any atom is -0.455 e. The summed E-state index contributed by atoms with van der Waals surface area (Å²) in [5.74, 6) is 1.59. The summed E-state index contributed by atoms with van der Waals surface area (Å²) < 4.78 is 5.77. The third kappa shape index (κ3) is 2.87. The molecule has 0 amide bonds. The molecule has 0 aliphatic carbocycles. The van der Waals surface area contributed by atoms with Crippen molar-refractivity contribution in [3.8, 4) is 11.5 Å². The Hall–Kier alpha value is -1.87. The highest BCUT2D eigenvalue weighted by molar-refractivity contribution is 5.36. The van der Waals surface area contributed by atoms with Crippen LogP contribution in [0.4, 0.5) is 0 Å². The fraction of sp³-hybridized carbons (Fsp3) is 0.267. The second kappa shape index (κ2) is 5.65. The van der Waals surface area contributed by atoms with Crippen LogP contribution < -0.4 is 10.5 Å². The molecule has 0 bridgehead atoms. The molecule has 2 N–H and O–H groups in total. The lowest BCUT2D eigenvalue weighted by Crippen LogP contribution is -2.10. The number of benzene rings is 1. The standard InChI is InChI=1S/C15H18N2O/c1-3-13(16)14-9-8-12(10-17-14)18-15-7-5-4-6-11(15)2/h4-10,13H,3,16H2,1-2H3/t13-/m1/s1. The van der Waals surface area contributed by atoms with E-state index >= 15 is 0 Å². The smallest absolute Gasteiger partial charge is 0.145 e. The maximum absolute atomic E-state index is 5.92. The molecule has 94 valence electrons. The van der Waals surface area contributed by atoms with Gasteiger partial charge in [-0.1, -0.05) is 25.1 Å². The van der Waals surface area contributed by atoms with E-state index in [0.29, 0.717) is 0 Å². The Kier molecular flexibility index (Phi) is 3.95. The Morgan fingerprint density at radius 3 is 2.61 bits per heavy atom. The molecule has 0 fully saturated rings. The van der Waals surface area contributed by atoms with Gasteiger partial charge < -0.3 is 10.5 Å². The van der Waals surface area contributed by atoms with Crippen LogP contribution in [-0.2, 0) is 0 Å². The largest absolute Gasteiger partial charge is 0.455 e. The quantitative estimate of drug-likeness (QED) is 0.891. The third-order valence-corrected chi connectivity index (χ3v) is 2.90. The van der Waals surface area contributed by atoms with Crippen LogP contribution in [0.25, 0.3) is 0 Å². The molecule has 0 aliphatic rings. The molecule has 0 spiro atoms. The number of nitrogens with two attached hydrogens (primary N) is 1. The lowest BCUT2D eigenvalue weighted by Gasteiger charge is -2.10. The Bertz CT molecular complexity index is 508. The average molecular weight is 242 g/mol. The summed E-state index contributed by atoms with van der Waals surface area (Å²) in [5.41, 5.74) is 7.92. The first kappa shape index (κ1) is 12.6. The molecule has 1 heterocycles. The molecular formula is C15H18N2O. The van der Waals surface area contributed by atoms with E-state index in [-0.39, 0.29) is 6.04 Å². The summed E-state index contributed by atoms with van der Waals surface area (Å²) in [5, 5.41) is 0. The fourth-order valence-electron chi connectivity index (χ4n) is 1.68. The summed E-state index contributed by atoms with van der Waals surface area (Å²) >= 11 is 0. The van der Waals surface area contributed by atoms with Crippen LogP contribution >= 0.6 is 0 Å². The van der Waals surface area contributed by atoms with Gasteiger partial charge in [-0.25, -0.2) is 0 Å². The highest BCUT2D eigenvalue weighted by Crippen LogP contribution is 2.24. The van der Waals surface area contributed by atoms with E-state index in [1.54, 1.807) is 6.20 Å². The van der Waals surface area contributed by atoms with Crippen molar-refractivity contribution >= 4 is 0 Å². The highest BCUT2D eigenvalue weighted by Gasteiger charge is 2.05. The van der Waals surface area contributed by atoms with E-state index in [9.17, 15) is 0 Å². The molecule has 18 heavy (non-hydrogen) atoms. The zero-order valence-corrected chi connectivity index (χ0v) is 10.8. The maximum Gasteiger partial charge on any atom is 0.145 e. The van der Waals surface area contributed by atoms with E-state index in [0.717, 1.165) is 29.2 Å². The maximum atomic E-state index is 5.92. The fourth-order valence-corrected chi connectivity index (χ4v) is 1.68. The average Bonchev–Trinajstić information content (AvgIpc) is 2.41. The molecule has 2 aromatic rings. The van der Waals surface area contributed by atoms with Crippen LogP contribution in [0.3, 0.4) is 0 Å². The van der Waals surface area contributed by atoms with Crippen LogP contribution in [-0.4, -0.2) is 4.98 Å². The Morgan fingerprint density at radius 1 is 1.22 bits per heavy atom. The first-order valence-electron chi connectivity index (χ1n) is 6.15. The molecule has 1 aromatic heterocycles. The lowest BCUT2D eigenvalue weighted by molar-refractivity contribution is 0.475. The van der Waals surface area contributed by atoms with Crippen molar-refractivity contribution in [2.45, 2.75) is 26.3 Å². The number of hydrogen-bond donors (Lipinski definition) is 1. The van der Waals surface area contributed by atoms with Gasteiger partial charge in [-0.05, 0) is 37.1 Å². The molecule has 0 saturated carbocycles. The summed E-state index contributed by atoms with van der Waals surface area (Å²) in [6, 6.07) is 11.7. The van der Waals surface area contributed by atoms with Crippen molar-refractivity contribution in [2.75, 3.05) is 0 Å². The predicted molar refractivity (Wildman–Crippen MR) is 72.7 cm³/mol. The summed E-state index contributed by atoms with van der Waals surface area (Å²) in [4.78, 5) is 4.33. The zero-order valence-electron chi connectivity index (χ0n) is 10.8. The van der Waals surface area contributed by atoms with E-state index in [2.05, 4.69) is 4.98 Å². The van der Waals surface area contributed by atoms with Gasteiger partial charge in [-0.3, -0.25) is 4.98 Å². The third-order valence-electron chi connectivity index (χ3n) is 2.90. The van der Waals surface area contributed by atoms with Gasteiger partial charge in [0, 0.05) is 6.04 Å². The minimum absolute atomic E-state index is 0.00230. The number of rotatable bonds is 4. The van der Waals surface area contributed by atoms with E-state index < -0.39 is 0 Å². The van der Waals surface area contributed by atoms with Crippen molar-refractivity contribution in [2.24, 2.45) is 5.73 Å². The SMILES string of the molecule is CC[C@@H](N)c1ccc(Oc2ccccc2C)cn1. The number of pyridine rings is 1. The first-order valence-corrected chi connectivity index (χ1v) is 6.15.